The molecule has 19 heavy (non-hydrogen) atoms. The number of nitro groups is 1. The number of carbonyl (C=O) groups is 1. The van der Waals surface area contributed by atoms with Gasteiger partial charge in [0.05, 0.1) is 11.1 Å². The third kappa shape index (κ3) is 4.24. The van der Waals surface area contributed by atoms with E-state index in [-0.39, 0.29) is 11.6 Å². The van der Waals surface area contributed by atoms with E-state index in [9.17, 15) is 14.9 Å². The Morgan fingerprint density at radius 2 is 2.16 bits per heavy atom. The number of unbranched alkanes of at least 4 members (excludes halogenated alkanes) is 2. The summed E-state index contributed by atoms with van der Waals surface area (Å²) in [4.78, 5) is 23.9. The zero-order chi connectivity index (χ0) is 14.4. The molecule has 0 atom stereocenters. The van der Waals surface area contributed by atoms with Crippen LogP contribution in [0.4, 0.5) is 5.69 Å². The van der Waals surface area contributed by atoms with Crippen LogP contribution in [0.25, 0.3) is 0 Å². The first-order valence-corrected chi connectivity index (χ1v) is 6.63. The SMILES string of the molecule is CN(CCCCCCl)C(=O)c1cc([N+](=O)[O-])cn1C. The lowest BCUT2D eigenvalue weighted by Gasteiger charge is -2.17. The molecule has 1 rings (SSSR count). The number of aryl methyl sites for hydroxylation is 1. The van der Waals surface area contributed by atoms with Crippen LogP contribution in [0.1, 0.15) is 29.8 Å². The average Bonchev–Trinajstić information content (AvgIpc) is 2.76. The number of hydrogen-bond acceptors (Lipinski definition) is 3. The van der Waals surface area contributed by atoms with Crippen molar-refractivity contribution in [3.05, 3.63) is 28.1 Å². The van der Waals surface area contributed by atoms with Crippen LogP contribution in [-0.2, 0) is 7.05 Å². The molecule has 7 heteroatoms. The quantitative estimate of drug-likeness (QED) is 0.335. The van der Waals surface area contributed by atoms with E-state index in [1.165, 1.54) is 16.8 Å². The van der Waals surface area contributed by atoms with Crippen molar-refractivity contribution < 1.29 is 9.72 Å². The van der Waals surface area contributed by atoms with Gasteiger partial charge in [-0.25, -0.2) is 0 Å². The molecule has 1 aromatic heterocycles. The molecular formula is C12H18ClN3O3. The predicted octanol–water partition coefficient (Wildman–Crippen LogP) is 2.41. The van der Waals surface area contributed by atoms with Crippen molar-refractivity contribution in [2.45, 2.75) is 19.3 Å². The van der Waals surface area contributed by atoms with Crippen molar-refractivity contribution in [3.63, 3.8) is 0 Å². The molecule has 0 aliphatic rings. The Kier molecular flexibility index (Phi) is 5.82. The molecule has 0 saturated carbocycles. The van der Waals surface area contributed by atoms with Crippen molar-refractivity contribution >= 4 is 23.2 Å². The molecule has 106 valence electrons. The maximum absolute atomic E-state index is 12.1. The van der Waals surface area contributed by atoms with E-state index in [2.05, 4.69) is 0 Å². The van der Waals surface area contributed by atoms with Crippen molar-refractivity contribution in [1.82, 2.24) is 9.47 Å². The first kappa shape index (κ1) is 15.5. The average molecular weight is 288 g/mol. The Morgan fingerprint density at radius 3 is 2.68 bits per heavy atom. The van der Waals surface area contributed by atoms with Gasteiger partial charge in [0, 0.05) is 32.6 Å². The van der Waals surface area contributed by atoms with E-state index < -0.39 is 4.92 Å². The first-order chi connectivity index (χ1) is 8.97. The zero-order valence-corrected chi connectivity index (χ0v) is 11.9. The molecule has 0 saturated heterocycles. The Morgan fingerprint density at radius 1 is 1.47 bits per heavy atom. The van der Waals surface area contributed by atoms with Gasteiger partial charge in [-0.15, -0.1) is 11.6 Å². The Labute approximate surface area is 117 Å². The Bertz CT molecular complexity index is 459. The second kappa shape index (κ2) is 7.13. The largest absolute Gasteiger partial charge is 0.340 e. The van der Waals surface area contributed by atoms with Gasteiger partial charge in [0.1, 0.15) is 5.69 Å². The molecular weight excluding hydrogens is 270 g/mol. The maximum Gasteiger partial charge on any atom is 0.287 e. The van der Waals surface area contributed by atoms with Crippen LogP contribution in [0.15, 0.2) is 12.3 Å². The molecule has 0 aromatic carbocycles. The minimum atomic E-state index is -0.503. The van der Waals surface area contributed by atoms with E-state index in [1.807, 2.05) is 0 Å². The maximum atomic E-state index is 12.1. The van der Waals surface area contributed by atoms with E-state index >= 15 is 0 Å². The molecule has 1 amide bonds. The topological polar surface area (TPSA) is 68.4 Å². The molecule has 0 aliphatic carbocycles. The monoisotopic (exact) mass is 287 g/mol. The minimum Gasteiger partial charge on any atom is -0.340 e. The summed E-state index contributed by atoms with van der Waals surface area (Å²) in [7, 11) is 3.32. The summed E-state index contributed by atoms with van der Waals surface area (Å²) in [5.74, 6) is 0.420. The zero-order valence-electron chi connectivity index (χ0n) is 11.1. The van der Waals surface area contributed by atoms with Gasteiger partial charge in [-0.2, -0.15) is 0 Å². The molecule has 1 aromatic rings. The van der Waals surface area contributed by atoms with Crippen LogP contribution in [0.5, 0.6) is 0 Å². The fourth-order valence-corrected chi connectivity index (χ4v) is 1.97. The van der Waals surface area contributed by atoms with Crippen LogP contribution in [0.2, 0.25) is 0 Å². The molecule has 1 heterocycles. The minimum absolute atomic E-state index is 0.0682. The van der Waals surface area contributed by atoms with Gasteiger partial charge in [-0.1, -0.05) is 6.42 Å². The van der Waals surface area contributed by atoms with E-state index in [0.717, 1.165) is 19.3 Å². The lowest BCUT2D eigenvalue weighted by molar-refractivity contribution is -0.384. The predicted molar refractivity (Wildman–Crippen MR) is 73.6 cm³/mol. The number of rotatable bonds is 7. The van der Waals surface area contributed by atoms with Crippen LogP contribution in [0.3, 0.4) is 0 Å². The molecule has 0 aliphatic heterocycles. The second-order valence-corrected chi connectivity index (χ2v) is 4.81. The number of carbonyl (C=O) groups excluding carboxylic acids is 1. The van der Waals surface area contributed by atoms with Gasteiger partial charge in [-0.3, -0.25) is 14.9 Å². The highest BCUT2D eigenvalue weighted by Crippen LogP contribution is 2.16. The van der Waals surface area contributed by atoms with Gasteiger partial charge < -0.3 is 9.47 Å². The number of nitrogens with zero attached hydrogens (tertiary/aromatic N) is 3. The van der Waals surface area contributed by atoms with Gasteiger partial charge in [0.2, 0.25) is 0 Å². The molecule has 0 radical (unpaired) electrons. The fraction of sp³-hybridized carbons (Fsp3) is 0.583. The van der Waals surface area contributed by atoms with Gasteiger partial charge in [0.15, 0.2) is 0 Å². The summed E-state index contributed by atoms with van der Waals surface area (Å²) < 4.78 is 1.48. The smallest absolute Gasteiger partial charge is 0.287 e. The van der Waals surface area contributed by atoms with Crippen LogP contribution in [-0.4, -0.2) is 39.8 Å². The van der Waals surface area contributed by atoms with E-state index in [0.29, 0.717) is 18.1 Å². The highest BCUT2D eigenvalue weighted by Gasteiger charge is 2.20. The van der Waals surface area contributed by atoms with Gasteiger partial charge >= 0.3 is 0 Å². The van der Waals surface area contributed by atoms with E-state index in [4.69, 9.17) is 11.6 Å². The molecule has 0 bridgehead atoms. The summed E-state index contributed by atoms with van der Waals surface area (Å²) in [5, 5.41) is 10.7. The summed E-state index contributed by atoms with van der Waals surface area (Å²) in [6.07, 6.45) is 4.11. The van der Waals surface area contributed by atoms with Gasteiger partial charge in [-0.05, 0) is 12.8 Å². The standard InChI is InChI=1S/C12H18ClN3O3/c1-14(7-5-3-4-6-13)12(17)11-8-10(16(18)19)9-15(11)2/h8-9H,3-7H2,1-2H3. The first-order valence-electron chi connectivity index (χ1n) is 6.09. The fourth-order valence-electron chi connectivity index (χ4n) is 1.78. The van der Waals surface area contributed by atoms with Crippen LogP contribution in [0, 0.1) is 10.1 Å². The molecule has 6 nitrogen and oxygen atoms in total. The molecule has 0 fully saturated rings. The van der Waals surface area contributed by atoms with Crippen molar-refractivity contribution in [1.29, 1.82) is 0 Å². The van der Waals surface area contributed by atoms with Crippen LogP contribution < -0.4 is 0 Å². The molecule has 0 unspecified atom stereocenters. The normalized spacial score (nSPS) is 10.5. The highest BCUT2D eigenvalue weighted by atomic mass is 35.5. The Balaban J connectivity index is 2.63. The Hall–Kier alpha value is -1.56. The van der Waals surface area contributed by atoms with Crippen molar-refractivity contribution in [2.75, 3.05) is 19.5 Å². The third-order valence-corrected chi connectivity index (χ3v) is 3.16. The summed E-state index contributed by atoms with van der Waals surface area (Å²) >= 11 is 5.58. The summed E-state index contributed by atoms with van der Waals surface area (Å²) in [6, 6.07) is 1.30. The van der Waals surface area contributed by atoms with Crippen LogP contribution >= 0.6 is 11.6 Å². The molecule has 0 spiro atoms. The van der Waals surface area contributed by atoms with Crippen molar-refractivity contribution in [2.24, 2.45) is 7.05 Å². The van der Waals surface area contributed by atoms with Gasteiger partial charge in [0.25, 0.3) is 11.6 Å². The lowest BCUT2D eigenvalue weighted by atomic mass is 10.2. The number of halogens is 1. The number of aromatic nitrogens is 1. The van der Waals surface area contributed by atoms with E-state index in [1.54, 1.807) is 19.0 Å². The molecule has 0 N–H and O–H groups in total. The summed E-state index contributed by atoms with van der Waals surface area (Å²) in [5.41, 5.74) is 0.257. The number of alkyl halides is 1. The highest BCUT2D eigenvalue weighted by molar-refractivity contribution is 6.17. The third-order valence-electron chi connectivity index (χ3n) is 2.89. The number of amides is 1. The lowest BCUT2D eigenvalue weighted by Crippen LogP contribution is -2.29. The van der Waals surface area contributed by atoms with Crippen molar-refractivity contribution in [3.8, 4) is 0 Å². The number of hydrogen-bond donors (Lipinski definition) is 0. The second-order valence-electron chi connectivity index (χ2n) is 4.43. The summed E-state index contributed by atoms with van der Waals surface area (Å²) in [6.45, 7) is 0.620.